The molecule has 3 rings (SSSR count). The number of hydrogen-bond acceptors (Lipinski definition) is 3. The molecule has 0 aliphatic carbocycles. The van der Waals surface area contributed by atoms with Gasteiger partial charge in [0, 0.05) is 16.5 Å². The fourth-order valence-corrected chi connectivity index (χ4v) is 3.44. The van der Waals surface area contributed by atoms with Gasteiger partial charge in [-0.25, -0.2) is 4.39 Å². The van der Waals surface area contributed by atoms with Crippen LogP contribution in [0, 0.1) is 5.82 Å². The van der Waals surface area contributed by atoms with Gasteiger partial charge in [-0.2, -0.15) is 0 Å². The van der Waals surface area contributed by atoms with E-state index >= 15 is 0 Å². The Morgan fingerprint density at radius 3 is 2.88 bits per heavy atom. The number of hydrogen-bond donors (Lipinski definition) is 1. The molecule has 1 heterocycles. The number of carbonyl (C=O) groups excluding carboxylic acids is 1. The van der Waals surface area contributed by atoms with Gasteiger partial charge in [-0.05, 0) is 59.3 Å². The Balaban J connectivity index is 1.69. The molecule has 7 heteroatoms. The highest BCUT2D eigenvalue weighted by molar-refractivity contribution is 9.10. The molecule has 0 radical (unpaired) electrons. The van der Waals surface area contributed by atoms with E-state index in [-0.39, 0.29) is 17.8 Å². The summed E-state index contributed by atoms with van der Waals surface area (Å²) >= 11 is 6.68. The molecule has 0 aromatic heterocycles. The zero-order chi connectivity index (χ0) is 18.0. The van der Waals surface area contributed by atoms with E-state index in [1.165, 1.54) is 18.2 Å². The topological polar surface area (TPSA) is 47.6 Å². The van der Waals surface area contributed by atoms with Crippen LogP contribution in [-0.4, -0.2) is 18.6 Å². The average Bonchev–Trinajstić information content (AvgIpc) is 2.57. The third kappa shape index (κ3) is 4.33. The summed E-state index contributed by atoms with van der Waals surface area (Å²) in [6, 6.07) is 9.67. The summed E-state index contributed by atoms with van der Waals surface area (Å²) < 4.78 is 25.8. The van der Waals surface area contributed by atoms with Gasteiger partial charge in [0.2, 0.25) is 0 Å². The van der Waals surface area contributed by atoms with E-state index in [1.54, 1.807) is 6.92 Å². The van der Waals surface area contributed by atoms with Crippen molar-refractivity contribution >= 4 is 37.8 Å². The van der Waals surface area contributed by atoms with E-state index in [4.69, 9.17) is 9.47 Å². The lowest BCUT2D eigenvalue weighted by Crippen LogP contribution is -2.40. The second kappa shape index (κ2) is 7.74. The van der Waals surface area contributed by atoms with Gasteiger partial charge in [-0.3, -0.25) is 4.79 Å². The highest BCUT2D eigenvalue weighted by Crippen LogP contribution is 2.34. The number of ether oxygens (including phenoxy) is 2. The number of amides is 1. The van der Waals surface area contributed by atoms with Gasteiger partial charge >= 0.3 is 0 Å². The van der Waals surface area contributed by atoms with Gasteiger partial charge in [0.1, 0.15) is 17.3 Å². The zero-order valence-electron chi connectivity index (χ0n) is 13.4. The van der Waals surface area contributed by atoms with Crippen molar-refractivity contribution in [2.45, 2.75) is 25.5 Å². The summed E-state index contributed by atoms with van der Waals surface area (Å²) in [5, 5.41) is 3.00. The molecule has 1 N–H and O–H groups in total. The first kappa shape index (κ1) is 18.2. The van der Waals surface area contributed by atoms with Gasteiger partial charge in [0.25, 0.3) is 5.91 Å². The number of rotatable bonds is 4. The Labute approximate surface area is 162 Å². The summed E-state index contributed by atoms with van der Waals surface area (Å²) in [6.07, 6.45) is -0.0393. The maximum Gasteiger partial charge on any atom is 0.261 e. The van der Waals surface area contributed by atoms with Gasteiger partial charge in [-0.1, -0.05) is 15.9 Å². The SMILES string of the molecule is CC(Oc1ccc(F)cc1Br)C(=O)NC1CCOc2ccc(Br)cc21. The minimum atomic E-state index is -0.722. The van der Waals surface area contributed by atoms with Crippen molar-refractivity contribution in [2.75, 3.05) is 6.61 Å². The van der Waals surface area contributed by atoms with Gasteiger partial charge in [0.15, 0.2) is 6.10 Å². The number of nitrogens with one attached hydrogen (secondary N) is 1. The van der Waals surface area contributed by atoms with E-state index in [9.17, 15) is 9.18 Å². The lowest BCUT2D eigenvalue weighted by molar-refractivity contribution is -0.128. The number of benzene rings is 2. The first-order valence-electron chi connectivity index (χ1n) is 7.78. The van der Waals surface area contributed by atoms with Crippen LogP contribution in [0.4, 0.5) is 4.39 Å². The molecule has 1 aliphatic heterocycles. The molecule has 0 fully saturated rings. The quantitative estimate of drug-likeness (QED) is 0.697. The Hall–Kier alpha value is -1.60. The molecule has 1 aliphatic rings. The highest BCUT2D eigenvalue weighted by Gasteiger charge is 2.26. The van der Waals surface area contributed by atoms with Crippen LogP contribution in [0.25, 0.3) is 0 Å². The molecule has 132 valence electrons. The Morgan fingerprint density at radius 1 is 1.32 bits per heavy atom. The second-order valence-electron chi connectivity index (χ2n) is 5.72. The van der Waals surface area contributed by atoms with E-state index in [0.717, 1.165) is 15.8 Å². The number of carbonyl (C=O) groups is 1. The Bertz CT molecular complexity index is 800. The van der Waals surface area contributed by atoms with E-state index in [0.29, 0.717) is 23.2 Å². The normalized spacial score (nSPS) is 17.2. The molecule has 2 unspecified atom stereocenters. The van der Waals surface area contributed by atoms with Crippen molar-refractivity contribution in [2.24, 2.45) is 0 Å². The molecule has 2 atom stereocenters. The molecular formula is C18H16Br2FNO3. The highest BCUT2D eigenvalue weighted by atomic mass is 79.9. The zero-order valence-corrected chi connectivity index (χ0v) is 16.6. The van der Waals surface area contributed by atoms with Crippen LogP contribution in [0.5, 0.6) is 11.5 Å². The second-order valence-corrected chi connectivity index (χ2v) is 7.49. The molecule has 2 aromatic rings. The van der Waals surface area contributed by atoms with Crippen molar-refractivity contribution in [1.29, 1.82) is 0 Å². The van der Waals surface area contributed by atoms with Crippen molar-refractivity contribution in [3.05, 3.63) is 56.7 Å². The lowest BCUT2D eigenvalue weighted by atomic mass is 10.0. The van der Waals surface area contributed by atoms with Crippen LogP contribution in [0.2, 0.25) is 0 Å². The van der Waals surface area contributed by atoms with Crippen LogP contribution in [0.15, 0.2) is 45.3 Å². The summed E-state index contributed by atoms with van der Waals surface area (Å²) in [5.74, 6) is 0.573. The smallest absolute Gasteiger partial charge is 0.261 e. The van der Waals surface area contributed by atoms with Crippen molar-refractivity contribution in [3.63, 3.8) is 0 Å². The lowest BCUT2D eigenvalue weighted by Gasteiger charge is -2.28. The maximum absolute atomic E-state index is 13.1. The molecular weight excluding hydrogens is 457 g/mol. The fourth-order valence-electron chi connectivity index (χ4n) is 2.62. The molecule has 0 bridgehead atoms. The van der Waals surface area contributed by atoms with Gasteiger partial charge < -0.3 is 14.8 Å². The largest absolute Gasteiger partial charge is 0.493 e. The van der Waals surface area contributed by atoms with Crippen molar-refractivity contribution < 1.29 is 18.7 Å². The summed E-state index contributed by atoms with van der Waals surface area (Å²) in [4.78, 5) is 12.5. The van der Waals surface area contributed by atoms with Gasteiger partial charge in [-0.15, -0.1) is 0 Å². The third-order valence-electron chi connectivity index (χ3n) is 3.89. The Morgan fingerprint density at radius 2 is 2.12 bits per heavy atom. The van der Waals surface area contributed by atoms with Crippen LogP contribution in [0.3, 0.4) is 0 Å². The predicted octanol–water partition coefficient (Wildman–Crippen LogP) is 4.76. The maximum atomic E-state index is 13.1. The molecule has 4 nitrogen and oxygen atoms in total. The molecule has 0 saturated carbocycles. The monoisotopic (exact) mass is 471 g/mol. The molecule has 0 saturated heterocycles. The van der Waals surface area contributed by atoms with E-state index in [2.05, 4.69) is 37.2 Å². The van der Waals surface area contributed by atoms with E-state index < -0.39 is 6.10 Å². The molecule has 2 aromatic carbocycles. The van der Waals surface area contributed by atoms with Crippen LogP contribution in [-0.2, 0) is 4.79 Å². The predicted molar refractivity (Wildman–Crippen MR) is 99.3 cm³/mol. The average molecular weight is 473 g/mol. The fraction of sp³-hybridized carbons (Fsp3) is 0.278. The van der Waals surface area contributed by atoms with Crippen LogP contribution >= 0.6 is 31.9 Å². The third-order valence-corrected chi connectivity index (χ3v) is 5.01. The van der Waals surface area contributed by atoms with Crippen molar-refractivity contribution in [1.82, 2.24) is 5.32 Å². The Kier molecular flexibility index (Phi) is 5.64. The summed E-state index contributed by atoms with van der Waals surface area (Å²) in [6.45, 7) is 2.20. The molecule has 25 heavy (non-hydrogen) atoms. The molecule has 0 spiro atoms. The first-order chi connectivity index (χ1) is 11.9. The van der Waals surface area contributed by atoms with Crippen LogP contribution in [0.1, 0.15) is 24.9 Å². The first-order valence-corrected chi connectivity index (χ1v) is 9.37. The van der Waals surface area contributed by atoms with Crippen LogP contribution < -0.4 is 14.8 Å². The minimum Gasteiger partial charge on any atom is -0.493 e. The standard InChI is InChI=1S/C18H16Br2FNO3/c1-10(25-17-5-3-12(21)9-14(17)20)18(23)22-15-6-7-24-16-4-2-11(19)8-13(15)16/h2-5,8-10,15H,6-7H2,1H3,(H,22,23). The van der Waals surface area contributed by atoms with Gasteiger partial charge in [0.05, 0.1) is 17.1 Å². The number of halogens is 3. The number of fused-ring (bicyclic) bond motifs is 1. The summed E-state index contributed by atoms with van der Waals surface area (Å²) in [5.41, 5.74) is 0.934. The summed E-state index contributed by atoms with van der Waals surface area (Å²) in [7, 11) is 0. The minimum absolute atomic E-state index is 0.142. The van der Waals surface area contributed by atoms with Crippen molar-refractivity contribution in [3.8, 4) is 11.5 Å². The van der Waals surface area contributed by atoms with E-state index in [1.807, 2.05) is 18.2 Å². The molecule has 1 amide bonds.